The fourth-order valence-corrected chi connectivity index (χ4v) is 3.99. The van der Waals surface area contributed by atoms with E-state index in [9.17, 15) is 27.9 Å². The van der Waals surface area contributed by atoms with Crippen molar-refractivity contribution in [3.63, 3.8) is 0 Å². The summed E-state index contributed by atoms with van der Waals surface area (Å²) in [6.45, 7) is 1.10. The average molecular weight is 464 g/mol. The summed E-state index contributed by atoms with van der Waals surface area (Å²) in [5.41, 5.74) is -0.425. The summed E-state index contributed by atoms with van der Waals surface area (Å²) < 4.78 is 39.8. The molecule has 1 aromatic heterocycles. The third-order valence-corrected chi connectivity index (χ3v) is 5.97. The zero-order valence-electron chi connectivity index (χ0n) is 15.8. The van der Waals surface area contributed by atoms with E-state index in [1.165, 1.54) is 11.8 Å². The highest BCUT2D eigenvalue weighted by Crippen LogP contribution is 2.36. The summed E-state index contributed by atoms with van der Waals surface area (Å²) in [7, 11) is 0. The lowest BCUT2D eigenvalue weighted by Gasteiger charge is -2.37. The Balaban J connectivity index is 1.76. The molecule has 1 aliphatic heterocycles. The molecule has 1 aromatic carbocycles. The minimum atomic E-state index is -4.73. The molecule has 0 bridgehead atoms. The van der Waals surface area contributed by atoms with Crippen LogP contribution in [0.1, 0.15) is 29.3 Å². The highest BCUT2D eigenvalue weighted by molar-refractivity contribution is 6.32. The summed E-state index contributed by atoms with van der Waals surface area (Å²) in [5.74, 6) is -2.73. The summed E-state index contributed by atoms with van der Waals surface area (Å²) in [6, 6.07) is 6.87. The maximum Gasteiger partial charge on any atom is 0.436 e. The number of alkyl halides is 3. The van der Waals surface area contributed by atoms with Gasteiger partial charge in [0, 0.05) is 24.0 Å². The lowest BCUT2D eigenvalue weighted by Crippen LogP contribution is -2.46. The first-order valence-electron chi connectivity index (χ1n) is 9.05. The smallest absolute Gasteiger partial charge is 0.436 e. The molecule has 2 unspecified atom stereocenters. The van der Waals surface area contributed by atoms with Crippen LogP contribution in [0.4, 0.5) is 13.2 Å². The Morgan fingerprint density at radius 3 is 2.40 bits per heavy atom. The van der Waals surface area contributed by atoms with Crippen LogP contribution in [0.2, 0.25) is 10.0 Å². The maximum absolute atomic E-state index is 13.0. The van der Waals surface area contributed by atoms with E-state index in [0.29, 0.717) is 11.4 Å². The van der Waals surface area contributed by atoms with Crippen LogP contribution >= 0.6 is 23.2 Å². The molecule has 0 aliphatic carbocycles. The monoisotopic (exact) mass is 463 g/mol. The molecule has 0 radical (unpaired) electrons. The number of carbonyl (C=O) groups is 2. The normalized spacial score (nSPS) is 19.7. The number of aliphatic carboxylic acids is 1. The van der Waals surface area contributed by atoms with Crippen molar-refractivity contribution in [1.29, 1.82) is 0 Å². The van der Waals surface area contributed by atoms with Crippen LogP contribution in [-0.4, -0.2) is 44.8 Å². The van der Waals surface area contributed by atoms with Gasteiger partial charge in [-0.2, -0.15) is 18.3 Å². The molecule has 2 heterocycles. The first-order valence-corrected chi connectivity index (χ1v) is 9.80. The van der Waals surface area contributed by atoms with Crippen molar-refractivity contribution < 1.29 is 27.9 Å². The van der Waals surface area contributed by atoms with Crippen LogP contribution in [-0.2, 0) is 22.3 Å². The fourth-order valence-electron chi connectivity index (χ4n) is 3.63. The van der Waals surface area contributed by atoms with Crippen molar-refractivity contribution in [2.45, 2.75) is 32.0 Å². The second kappa shape index (κ2) is 8.47. The summed E-state index contributed by atoms with van der Waals surface area (Å²) in [5, 5.41) is 13.1. The second-order valence-corrected chi connectivity index (χ2v) is 7.95. The number of carbonyl (C=O) groups excluding carboxylic acids is 1. The Morgan fingerprint density at radius 2 is 1.87 bits per heavy atom. The summed E-state index contributed by atoms with van der Waals surface area (Å²) in [6.07, 6.45) is -4.33. The van der Waals surface area contributed by atoms with E-state index in [4.69, 9.17) is 23.2 Å². The molecular formula is C19H18Cl2F3N3O3. The van der Waals surface area contributed by atoms with Gasteiger partial charge in [0.2, 0.25) is 5.91 Å². The molecule has 0 saturated carbocycles. The highest BCUT2D eigenvalue weighted by Gasteiger charge is 2.40. The van der Waals surface area contributed by atoms with Crippen molar-refractivity contribution in [3.8, 4) is 0 Å². The van der Waals surface area contributed by atoms with Crippen LogP contribution < -0.4 is 0 Å². The zero-order chi connectivity index (χ0) is 22.2. The average Bonchev–Trinajstić information content (AvgIpc) is 2.96. The van der Waals surface area contributed by atoms with E-state index in [1.54, 1.807) is 24.3 Å². The van der Waals surface area contributed by atoms with Crippen molar-refractivity contribution in [1.82, 2.24) is 14.7 Å². The van der Waals surface area contributed by atoms with Gasteiger partial charge in [-0.1, -0.05) is 35.3 Å². The van der Waals surface area contributed by atoms with E-state index in [1.807, 2.05) is 0 Å². The Kier molecular flexibility index (Phi) is 6.33. The number of rotatable bonds is 4. The molecule has 1 amide bonds. The summed E-state index contributed by atoms with van der Waals surface area (Å²) >= 11 is 11.6. The largest absolute Gasteiger partial charge is 0.481 e. The van der Waals surface area contributed by atoms with E-state index < -0.39 is 41.2 Å². The Morgan fingerprint density at radius 1 is 1.23 bits per heavy atom. The summed E-state index contributed by atoms with van der Waals surface area (Å²) in [4.78, 5) is 25.8. The van der Waals surface area contributed by atoms with Crippen molar-refractivity contribution >= 4 is 35.1 Å². The molecular weight excluding hydrogens is 446 g/mol. The molecule has 1 fully saturated rings. The lowest BCUT2D eigenvalue weighted by molar-refractivity contribution is -0.147. The minimum Gasteiger partial charge on any atom is -0.481 e. The molecule has 30 heavy (non-hydrogen) atoms. The number of amides is 1. The van der Waals surface area contributed by atoms with Gasteiger partial charge in [-0.25, -0.2) is 0 Å². The molecule has 1 N–H and O–H groups in total. The van der Waals surface area contributed by atoms with Gasteiger partial charge in [0.25, 0.3) is 0 Å². The number of piperidine rings is 1. The number of nitrogens with zero attached hydrogens (tertiary/aromatic N) is 3. The Labute approximate surface area is 180 Å². The first-order chi connectivity index (χ1) is 14.0. The van der Waals surface area contributed by atoms with Crippen LogP contribution in [0.15, 0.2) is 24.3 Å². The topological polar surface area (TPSA) is 75.4 Å². The number of carboxylic acids is 1. The lowest BCUT2D eigenvalue weighted by atomic mass is 9.80. The van der Waals surface area contributed by atoms with Gasteiger partial charge in [0.1, 0.15) is 6.54 Å². The highest BCUT2D eigenvalue weighted by atomic mass is 35.5. The molecule has 1 aliphatic rings. The molecule has 0 spiro atoms. The number of carboxylic acid groups (broad SMARTS) is 1. The third kappa shape index (κ3) is 4.57. The van der Waals surface area contributed by atoms with Gasteiger partial charge in [-0.3, -0.25) is 14.3 Å². The molecule has 3 rings (SSSR count). The Hall–Kier alpha value is -2.26. The molecule has 1 saturated heterocycles. The first kappa shape index (κ1) is 22.4. The van der Waals surface area contributed by atoms with Crippen molar-refractivity contribution in [2.24, 2.45) is 5.92 Å². The van der Waals surface area contributed by atoms with Gasteiger partial charge < -0.3 is 10.0 Å². The van der Waals surface area contributed by atoms with Gasteiger partial charge in [-0.05, 0) is 31.0 Å². The van der Waals surface area contributed by atoms with Gasteiger partial charge >= 0.3 is 12.1 Å². The van der Waals surface area contributed by atoms with Crippen LogP contribution in [0, 0.1) is 12.8 Å². The molecule has 6 nitrogen and oxygen atoms in total. The van der Waals surface area contributed by atoms with E-state index in [0.717, 1.165) is 10.2 Å². The van der Waals surface area contributed by atoms with Crippen LogP contribution in [0.3, 0.4) is 0 Å². The predicted octanol–water partition coefficient (Wildman–Crippen LogP) is 4.23. The predicted molar refractivity (Wildman–Crippen MR) is 103 cm³/mol. The number of benzene rings is 1. The quantitative estimate of drug-likeness (QED) is 0.735. The standard InChI is InChI=1S/C19H18Cl2F3N3O3/c1-10-16(21)17(19(22,23)24)25-27(10)9-15(28)26-7-6-13(14(8-26)18(29)30)11-2-4-12(20)5-3-11/h2-5,13-14H,6-9H2,1H3,(H,29,30). The number of aromatic nitrogens is 2. The SMILES string of the molecule is Cc1c(Cl)c(C(F)(F)F)nn1CC(=O)N1CCC(c2ccc(Cl)cc2)C(C(=O)O)C1. The van der Waals surface area contributed by atoms with Crippen LogP contribution in [0.5, 0.6) is 0 Å². The Bertz CT molecular complexity index is 960. The van der Waals surface area contributed by atoms with Gasteiger partial charge in [-0.15, -0.1) is 0 Å². The number of hydrogen-bond donors (Lipinski definition) is 1. The minimum absolute atomic E-state index is 0.0168. The number of hydrogen-bond acceptors (Lipinski definition) is 3. The van der Waals surface area contributed by atoms with Gasteiger partial charge in [0.05, 0.1) is 16.6 Å². The van der Waals surface area contributed by atoms with E-state index >= 15 is 0 Å². The number of likely N-dealkylation sites (tertiary alicyclic amines) is 1. The van der Waals surface area contributed by atoms with E-state index in [-0.39, 0.29) is 24.7 Å². The zero-order valence-corrected chi connectivity index (χ0v) is 17.3. The van der Waals surface area contributed by atoms with Crippen molar-refractivity contribution in [2.75, 3.05) is 13.1 Å². The van der Waals surface area contributed by atoms with E-state index in [2.05, 4.69) is 5.10 Å². The second-order valence-electron chi connectivity index (χ2n) is 7.13. The van der Waals surface area contributed by atoms with Crippen molar-refractivity contribution in [3.05, 3.63) is 51.3 Å². The molecule has 2 atom stereocenters. The van der Waals surface area contributed by atoms with Gasteiger partial charge in [0.15, 0.2) is 5.69 Å². The molecule has 2 aromatic rings. The molecule has 162 valence electrons. The fraction of sp³-hybridized carbons (Fsp3) is 0.421. The molecule has 11 heteroatoms. The third-order valence-electron chi connectivity index (χ3n) is 5.27. The van der Waals surface area contributed by atoms with Crippen LogP contribution in [0.25, 0.3) is 0 Å². The number of halogens is 5. The maximum atomic E-state index is 13.0.